The number of amides is 1. The third-order valence-electron chi connectivity index (χ3n) is 3.92. The Morgan fingerprint density at radius 3 is 2.27 bits per heavy atom. The fourth-order valence-corrected chi connectivity index (χ4v) is 2.85. The van der Waals surface area contributed by atoms with Crippen LogP contribution in [0.5, 0.6) is 0 Å². The van der Waals surface area contributed by atoms with Crippen LogP contribution in [0.25, 0.3) is 0 Å². The van der Waals surface area contributed by atoms with E-state index in [2.05, 4.69) is 49.7 Å². The zero-order valence-electron chi connectivity index (χ0n) is 16.3. The van der Waals surface area contributed by atoms with Gasteiger partial charge in [-0.1, -0.05) is 18.2 Å². The summed E-state index contributed by atoms with van der Waals surface area (Å²) in [6.45, 7) is 12.6. The molecule has 146 valence electrons. The Labute approximate surface area is 174 Å². The molecule has 7 heteroatoms. The molecule has 0 aliphatic carbocycles. The number of anilines is 1. The lowest BCUT2D eigenvalue weighted by molar-refractivity contribution is -0.121. The SMILES string of the molecule is CCNC(=NCC(=O)NC(C)(C)C)N1CCN(c2ccccc2)CC1.I. The summed E-state index contributed by atoms with van der Waals surface area (Å²) in [5.74, 6) is 0.769. The summed E-state index contributed by atoms with van der Waals surface area (Å²) in [6.07, 6.45) is 0. The van der Waals surface area contributed by atoms with E-state index in [9.17, 15) is 4.79 Å². The molecule has 0 atom stereocenters. The number of halogens is 1. The predicted octanol–water partition coefficient (Wildman–Crippen LogP) is 2.31. The number of hydrogen-bond donors (Lipinski definition) is 2. The van der Waals surface area contributed by atoms with Crippen LogP contribution in [0.4, 0.5) is 5.69 Å². The number of rotatable bonds is 4. The third kappa shape index (κ3) is 7.39. The standard InChI is InChI=1S/C19H31N5O.HI/c1-5-20-18(21-15-17(25)22-19(2,3)4)24-13-11-23(12-14-24)16-9-7-6-8-10-16;/h6-10H,5,11-15H2,1-4H3,(H,20,21)(H,22,25);1H. The first-order chi connectivity index (χ1) is 11.9. The smallest absolute Gasteiger partial charge is 0.242 e. The summed E-state index contributed by atoms with van der Waals surface area (Å²) in [6, 6.07) is 10.5. The largest absolute Gasteiger partial charge is 0.368 e. The Bertz CT molecular complexity index is 577. The molecule has 1 aliphatic heterocycles. The van der Waals surface area contributed by atoms with Crippen LogP contribution in [0.1, 0.15) is 27.7 Å². The fraction of sp³-hybridized carbons (Fsp3) is 0.579. The molecule has 0 spiro atoms. The highest BCUT2D eigenvalue weighted by Crippen LogP contribution is 2.15. The van der Waals surface area contributed by atoms with Crippen molar-refractivity contribution in [1.82, 2.24) is 15.5 Å². The normalized spacial score (nSPS) is 15.3. The molecule has 2 rings (SSSR count). The highest BCUT2D eigenvalue weighted by Gasteiger charge is 2.20. The summed E-state index contributed by atoms with van der Waals surface area (Å²) in [5.41, 5.74) is 1.03. The van der Waals surface area contributed by atoms with Gasteiger partial charge in [0.05, 0.1) is 0 Å². The highest BCUT2D eigenvalue weighted by atomic mass is 127. The minimum atomic E-state index is -0.230. The molecule has 0 aromatic heterocycles. The van der Waals surface area contributed by atoms with Crippen molar-refractivity contribution in [1.29, 1.82) is 0 Å². The van der Waals surface area contributed by atoms with Gasteiger partial charge in [0.2, 0.25) is 5.91 Å². The van der Waals surface area contributed by atoms with Gasteiger partial charge in [-0.15, -0.1) is 24.0 Å². The zero-order chi connectivity index (χ0) is 18.3. The van der Waals surface area contributed by atoms with Gasteiger partial charge in [0.15, 0.2) is 5.96 Å². The third-order valence-corrected chi connectivity index (χ3v) is 3.92. The molecule has 1 saturated heterocycles. The number of nitrogens with one attached hydrogen (secondary N) is 2. The van der Waals surface area contributed by atoms with Crippen LogP contribution in [0.15, 0.2) is 35.3 Å². The molecule has 1 aromatic rings. The van der Waals surface area contributed by atoms with Crippen molar-refractivity contribution in [2.45, 2.75) is 33.2 Å². The van der Waals surface area contributed by atoms with E-state index < -0.39 is 0 Å². The minimum Gasteiger partial charge on any atom is -0.368 e. The number of benzene rings is 1. The Balaban J connectivity index is 0.00000338. The summed E-state index contributed by atoms with van der Waals surface area (Å²) < 4.78 is 0. The van der Waals surface area contributed by atoms with Crippen molar-refractivity contribution < 1.29 is 4.79 Å². The van der Waals surface area contributed by atoms with Crippen molar-refractivity contribution >= 4 is 41.5 Å². The Hall–Kier alpha value is -1.51. The molecule has 26 heavy (non-hydrogen) atoms. The number of carbonyl (C=O) groups excluding carboxylic acids is 1. The molecule has 2 N–H and O–H groups in total. The molecule has 1 amide bonds. The highest BCUT2D eigenvalue weighted by molar-refractivity contribution is 14.0. The van der Waals surface area contributed by atoms with Gasteiger partial charge in [0.25, 0.3) is 0 Å². The maximum absolute atomic E-state index is 12.0. The van der Waals surface area contributed by atoms with Gasteiger partial charge in [0, 0.05) is 44.0 Å². The van der Waals surface area contributed by atoms with Gasteiger partial charge < -0.3 is 20.4 Å². The Morgan fingerprint density at radius 1 is 1.12 bits per heavy atom. The number of nitrogens with zero attached hydrogens (tertiary/aromatic N) is 3. The van der Waals surface area contributed by atoms with E-state index >= 15 is 0 Å². The Morgan fingerprint density at radius 2 is 1.73 bits per heavy atom. The first-order valence-electron chi connectivity index (χ1n) is 9.03. The maximum Gasteiger partial charge on any atom is 0.242 e. The van der Waals surface area contributed by atoms with Crippen LogP contribution in [-0.2, 0) is 4.79 Å². The monoisotopic (exact) mass is 473 g/mol. The first-order valence-corrected chi connectivity index (χ1v) is 9.03. The molecule has 0 bridgehead atoms. The Kier molecular flexibility index (Phi) is 9.18. The van der Waals surface area contributed by atoms with E-state index in [1.807, 2.05) is 33.8 Å². The van der Waals surface area contributed by atoms with E-state index in [-0.39, 0.29) is 42.0 Å². The molecule has 1 aliphatic rings. The van der Waals surface area contributed by atoms with Crippen molar-refractivity contribution in [3.05, 3.63) is 30.3 Å². The summed E-state index contributed by atoms with van der Waals surface area (Å²) in [4.78, 5) is 21.1. The van der Waals surface area contributed by atoms with Gasteiger partial charge in [0.1, 0.15) is 6.54 Å². The van der Waals surface area contributed by atoms with Crippen LogP contribution in [-0.4, -0.2) is 61.6 Å². The molecule has 1 fully saturated rings. The molecular formula is C19H32IN5O. The van der Waals surface area contributed by atoms with Crippen LogP contribution in [0.3, 0.4) is 0 Å². The lowest BCUT2D eigenvalue weighted by Crippen LogP contribution is -2.53. The van der Waals surface area contributed by atoms with E-state index in [1.165, 1.54) is 5.69 Å². The number of carbonyl (C=O) groups is 1. The maximum atomic E-state index is 12.0. The molecule has 0 saturated carbocycles. The average molecular weight is 473 g/mol. The van der Waals surface area contributed by atoms with Gasteiger partial charge in [-0.2, -0.15) is 0 Å². The first kappa shape index (κ1) is 22.5. The number of para-hydroxylation sites is 1. The summed E-state index contributed by atoms with van der Waals surface area (Å²) in [7, 11) is 0. The van der Waals surface area contributed by atoms with Crippen LogP contribution >= 0.6 is 24.0 Å². The molecule has 0 radical (unpaired) electrons. The second-order valence-corrected chi connectivity index (χ2v) is 7.28. The second-order valence-electron chi connectivity index (χ2n) is 7.28. The molecule has 6 nitrogen and oxygen atoms in total. The van der Waals surface area contributed by atoms with Crippen LogP contribution < -0.4 is 15.5 Å². The quantitative estimate of drug-likeness (QED) is 0.401. The van der Waals surface area contributed by atoms with Crippen molar-refractivity contribution in [2.75, 3.05) is 44.2 Å². The predicted molar refractivity (Wildman–Crippen MR) is 120 cm³/mol. The van der Waals surface area contributed by atoms with Gasteiger partial charge in [-0.25, -0.2) is 4.99 Å². The van der Waals surface area contributed by atoms with Gasteiger partial charge in [-0.3, -0.25) is 4.79 Å². The van der Waals surface area contributed by atoms with Crippen molar-refractivity contribution in [3.63, 3.8) is 0 Å². The number of aliphatic imine (C=N–C) groups is 1. The summed E-state index contributed by atoms with van der Waals surface area (Å²) >= 11 is 0. The van der Waals surface area contributed by atoms with E-state index in [0.29, 0.717) is 0 Å². The van der Waals surface area contributed by atoms with Crippen molar-refractivity contribution in [3.8, 4) is 0 Å². The number of piperazine rings is 1. The molecule has 0 unspecified atom stereocenters. The minimum absolute atomic E-state index is 0. The lowest BCUT2D eigenvalue weighted by Gasteiger charge is -2.37. The topological polar surface area (TPSA) is 60.0 Å². The van der Waals surface area contributed by atoms with Crippen LogP contribution in [0.2, 0.25) is 0 Å². The molecule has 1 aromatic carbocycles. The zero-order valence-corrected chi connectivity index (χ0v) is 18.6. The van der Waals surface area contributed by atoms with Crippen LogP contribution in [0, 0.1) is 0 Å². The average Bonchev–Trinajstić information content (AvgIpc) is 2.58. The second kappa shape index (κ2) is 10.6. The molecular weight excluding hydrogens is 441 g/mol. The van der Waals surface area contributed by atoms with E-state index in [0.717, 1.165) is 38.7 Å². The summed E-state index contributed by atoms with van der Waals surface area (Å²) in [5, 5.41) is 6.25. The van der Waals surface area contributed by atoms with E-state index in [4.69, 9.17) is 0 Å². The number of guanidine groups is 1. The van der Waals surface area contributed by atoms with E-state index in [1.54, 1.807) is 0 Å². The van der Waals surface area contributed by atoms with Gasteiger partial charge >= 0.3 is 0 Å². The molecule has 1 heterocycles. The number of hydrogen-bond acceptors (Lipinski definition) is 3. The lowest BCUT2D eigenvalue weighted by atomic mass is 10.1. The fourth-order valence-electron chi connectivity index (χ4n) is 2.85. The van der Waals surface area contributed by atoms with Crippen molar-refractivity contribution in [2.24, 2.45) is 4.99 Å². The van der Waals surface area contributed by atoms with Gasteiger partial charge in [-0.05, 0) is 39.8 Å².